The Labute approximate surface area is 148 Å². The van der Waals surface area contributed by atoms with E-state index < -0.39 is 23.7 Å². The lowest BCUT2D eigenvalue weighted by Gasteiger charge is -2.24. The van der Waals surface area contributed by atoms with Crippen LogP contribution >= 0.6 is 24.0 Å². The minimum absolute atomic E-state index is 0. The summed E-state index contributed by atoms with van der Waals surface area (Å²) in [6, 6.07) is 9.50. The number of carbonyl (C=O) groups excluding carboxylic acids is 2. The Hall–Kier alpha value is -1.30. The number of benzene rings is 1. The predicted molar refractivity (Wildman–Crippen MR) is 95.4 cm³/mol. The SMILES string of the molecule is CCC1C(C(N)=O)C(C(N)=O)CN1CC.Cl.Clc1ccccc1. The van der Waals surface area contributed by atoms with Crippen molar-refractivity contribution in [2.75, 3.05) is 13.1 Å². The van der Waals surface area contributed by atoms with Gasteiger partial charge in [-0.05, 0) is 25.1 Å². The van der Waals surface area contributed by atoms with Crippen LogP contribution in [0, 0.1) is 11.8 Å². The van der Waals surface area contributed by atoms with E-state index in [0.29, 0.717) is 6.54 Å². The van der Waals surface area contributed by atoms with Crippen LogP contribution in [-0.2, 0) is 9.59 Å². The van der Waals surface area contributed by atoms with Crippen LogP contribution in [0.3, 0.4) is 0 Å². The summed E-state index contributed by atoms with van der Waals surface area (Å²) in [5.74, 6) is -1.69. The molecule has 3 atom stereocenters. The summed E-state index contributed by atoms with van der Waals surface area (Å²) in [4.78, 5) is 24.7. The van der Waals surface area contributed by atoms with Gasteiger partial charge in [-0.15, -0.1) is 12.4 Å². The van der Waals surface area contributed by atoms with Crippen molar-refractivity contribution in [3.05, 3.63) is 35.4 Å². The molecule has 5 nitrogen and oxygen atoms in total. The molecule has 130 valence electrons. The number of nitrogens with two attached hydrogens (primary N) is 2. The van der Waals surface area contributed by atoms with E-state index in [1.807, 2.05) is 44.2 Å². The molecule has 1 heterocycles. The molecule has 1 aromatic rings. The Kier molecular flexibility index (Phi) is 9.88. The average molecular weight is 362 g/mol. The third kappa shape index (κ3) is 6.01. The average Bonchev–Trinajstić information content (AvgIpc) is 2.87. The van der Waals surface area contributed by atoms with Gasteiger partial charge in [-0.3, -0.25) is 14.5 Å². The molecule has 2 rings (SSSR count). The van der Waals surface area contributed by atoms with E-state index in [1.165, 1.54) is 0 Å². The van der Waals surface area contributed by atoms with Gasteiger partial charge < -0.3 is 11.5 Å². The van der Waals surface area contributed by atoms with Crippen LogP contribution < -0.4 is 11.5 Å². The summed E-state index contributed by atoms with van der Waals surface area (Å²) in [5, 5.41) is 0.794. The van der Waals surface area contributed by atoms with Crippen LogP contribution in [0.25, 0.3) is 0 Å². The molecule has 0 radical (unpaired) electrons. The molecule has 0 aliphatic carbocycles. The van der Waals surface area contributed by atoms with Crippen molar-refractivity contribution in [1.82, 2.24) is 4.90 Å². The van der Waals surface area contributed by atoms with E-state index in [1.54, 1.807) is 0 Å². The molecular formula is C16H25Cl2N3O2. The first-order chi connectivity index (χ1) is 10.4. The van der Waals surface area contributed by atoms with E-state index in [0.717, 1.165) is 18.0 Å². The van der Waals surface area contributed by atoms with Gasteiger partial charge in [-0.25, -0.2) is 0 Å². The fourth-order valence-electron chi connectivity index (χ4n) is 2.94. The van der Waals surface area contributed by atoms with Crippen LogP contribution in [0.1, 0.15) is 20.3 Å². The maximum atomic E-state index is 11.3. The first kappa shape index (κ1) is 21.7. The zero-order valence-electron chi connectivity index (χ0n) is 13.4. The lowest BCUT2D eigenvalue weighted by atomic mass is 9.88. The summed E-state index contributed by atoms with van der Waals surface area (Å²) in [5.41, 5.74) is 10.6. The van der Waals surface area contributed by atoms with Crippen LogP contribution in [-0.4, -0.2) is 35.8 Å². The molecule has 23 heavy (non-hydrogen) atoms. The minimum atomic E-state index is -0.424. The second kappa shape index (κ2) is 10.5. The van der Waals surface area contributed by atoms with Crippen LogP contribution in [0.5, 0.6) is 0 Å². The van der Waals surface area contributed by atoms with Crippen molar-refractivity contribution in [2.45, 2.75) is 26.3 Å². The number of hydrogen-bond donors (Lipinski definition) is 2. The van der Waals surface area contributed by atoms with Gasteiger partial charge >= 0.3 is 0 Å². The summed E-state index contributed by atoms with van der Waals surface area (Å²) >= 11 is 5.54. The fourth-order valence-corrected chi connectivity index (χ4v) is 3.09. The lowest BCUT2D eigenvalue weighted by molar-refractivity contribution is -0.130. The highest BCUT2D eigenvalue weighted by Crippen LogP contribution is 2.31. The van der Waals surface area contributed by atoms with Crippen molar-refractivity contribution >= 4 is 35.8 Å². The number of likely N-dealkylation sites (tertiary alicyclic amines) is 1. The lowest BCUT2D eigenvalue weighted by Crippen LogP contribution is -2.41. The van der Waals surface area contributed by atoms with Gasteiger partial charge in [-0.1, -0.05) is 43.6 Å². The van der Waals surface area contributed by atoms with Gasteiger partial charge in [0.15, 0.2) is 0 Å². The molecule has 4 N–H and O–H groups in total. The van der Waals surface area contributed by atoms with Crippen LogP contribution in [0.15, 0.2) is 30.3 Å². The molecule has 0 bridgehead atoms. The predicted octanol–water partition coefficient (Wildman–Crippen LogP) is 2.07. The third-order valence-electron chi connectivity index (χ3n) is 4.00. The highest BCUT2D eigenvalue weighted by molar-refractivity contribution is 6.30. The molecule has 1 aliphatic heterocycles. The second-order valence-corrected chi connectivity index (χ2v) is 5.73. The second-order valence-electron chi connectivity index (χ2n) is 5.30. The number of amides is 2. The smallest absolute Gasteiger partial charge is 0.222 e. The maximum absolute atomic E-state index is 11.3. The Morgan fingerprint density at radius 1 is 1.17 bits per heavy atom. The van der Waals surface area contributed by atoms with E-state index in [-0.39, 0.29) is 18.4 Å². The summed E-state index contributed by atoms with van der Waals surface area (Å²) in [6.45, 7) is 5.36. The summed E-state index contributed by atoms with van der Waals surface area (Å²) in [6.07, 6.45) is 0.811. The van der Waals surface area contributed by atoms with Gasteiger partial charge in [-0.2, -0.15) is 0 Å². The highest BCUT2D eigenvalue weighted by Gasteiger charge is 2.45. The zero-order valence-corrected chi connectivity index (χ0v) is 15.0. The summed E-state index contributed by atoms with van der Waals surface area (Å²) in [7, 11) is 0. The molecule has 2 amide bonds. The van der Waals surface area contributed by atoms with Gasteiger partial charge in [0.05, 0.1) is 11.8 Å². The molecule has 3 unspecified atom stereocenters. The van der Waals surface area contributed by atoms with Crippen LogP contribution in [0.4, 0.5) is 0 Å². The first-order valence-corrected chi connectivity index (χ1v) is 7.83. The number of nitrogens with zero attached hydrogens (tertiary/aromatic N) is 1. The van der Waals surface area contributed by atoms with E-state index in [4.69, 9.17) is 23.1 Å². The first-order valence-electron chi connectivity index (χ1n) is 7.45. The molecular weight excluding hydrogens is 337 g/mol. The molecule has 1 aromatic carbocycles. The molecule has 1 fully saturated rings. The number of carbonyl (C=O) groups is 2. The number of halogens is 2. The monoisotopic (exact) mass is 361 g/mol. The maximum Gasteiger partial charge on any atom is 0.222 e. The number of rotatable bonds is 4. The fraction of sp³-hybridized carbons (Fsp3) is 0.500. The zero-order chi connectivity index (χ0) is 16.7. The van der Waals surface area contributed by atoms with E-state index in [9.17, 15) is 9.59 Å². The van der Waals surface area contributed by atoms with Gasteiger partial charge in [0.2, 0.25) is 11.8 Å². The number of hydrogen-bond acceptors (Lipinski definition) is 3. The van der Waals surface area contributed by atoms with Crippen molar-refractivity contribution in [1.29, 1.82) is 0 Å². The minimum Gasteiger partial charge on any atom is -0.369 e. The molecule has 1 saturated heterocycles. The number of primary amides is 2. The van der Waals surface area contributed by atoms with Crippen molar-refractivity contribution in [3.8, 4) is 0 Å². The Morgan fingerprint density at radius 2 is 1.74 bits per heavy atom. The molecule has 0 saturated carbocycles. The van der Waals surface area contributed by atoms with Crippen molar-refractivity contribution in [3.63, 3.8) is 0 Å². The van der Waals surface area contributed by atoms with E-state index in [2.05, 4.69) is 4.90 Å². The van der Waals surface area contributed by atoms with Crippen molar-refractivity contribution < 1.29 is 9.59 Å². The molecule has 0 aromatic heterocycles. The largest absolute Gasteiger partial charge is 0.369 e. The molecule has 0 spiro atoms. The topological polar surface area (TPSA) is 89.4 Å². The van der Waals surface area contributed by atoms with Crippen LogP contribution in [0.2, 0.25) is 5.02 Å². The van der Waals surface area contributed by atoms with Crippen molar-refractivity contribution in [2.24, 2.45) is 23.3 Å². The Balaban J connectivity index is 0.000000509. The summed E-state index contributed by atoms with van der Waals surface area (Å²) < 4.78 is 0. The van der Waals surface area contributed by atoms with Gasteiger partial charge in [0.1, 0.15) is 0 Å². The molecule has 1 aliphatic rings. The molecule has 7 heteroatoms. The highest BCUT2D eigenvalue weighted by atomic mass is 35.5. The normalized spacial score (nSPS) is 23.3. The standard InChI is InChI=1S/C10H19N3O2.C6H5Cl.ClH/c1-3-7-8(10(12)15)6(9(11)14)5-13(7)4-2;7-6-4-2-1-3-5-6;/h6-8H,3-5H2,1-2H3,(H2,11,14)(H2,12,15);1-5H;1H. The van der Waals surface area contributed by atoms with E-state index >= 15 is 0 Å². The van der Waals surface area contributed by atoms with Gasteiger partial charge in [0.25, 0.3) is 0 Å². The Morgan fingerprint density at radius 3 is 2.04 bits per heavy atom. The van der Waals surface area contributed by atoms with Gasteiger partial charge in [0, 0.05) is 17.6 Å². The third-order valence-corrected chi connectivity index (χ3v) is 4.25. The Bertz CT molecular complexity index is 499. The quantitative estimate of drug-likeness (QED) is 0.859.